The van der Waals surface area contributed by atoms with Gasteiger partial charge in [0.1, 0.15) is 17.4 Å². The van der Waals surface area contributed by atoms with E-state index in [0.29, 0.717) is 35.5 Å². The molecule has 47 heavy (non-hydrogen) atoms. The highest BCUT2D eigenvalue weighted by molar-refractivity contribution is 6.01. The van der Waals surface area contributed by atoms with Crippen LogP contribution in [-0.4, -0.2) is 35.7 Å². The Bertz CT molecular complexity index is 1870. The van der Waals surface area contributed by atoms with E-state index in [-0.39, 0.29) is 42.4 Å². The second-order valence-electron chi connectivity index (χ2n) is 10.5. The summed E-state index contributed by atoms with van der Waals surface area (Å²) in [7, 11) is 0. The van der Waals surface area contributed by atoms with Crippen LogP contribution in [0.25, 0.3) is 20.9 Å². The van der Waals surface area contributed by atoms with Crippen molar-refractivity contribution in [1.29, 1.82) is 0 Å². The number of hydrogen-bond acceptors (Lipinski definition) is 7. The van der Waals surface area contributed by atoms with E-state index in [1.165, 1.54) is 0 Å². The molecule has 0 unspecified atom stereocenters. The van der Waals surface area contributed by atoms with Gasteiger partial charge in [0, 0.05) is 64.4 Å². The van der Waals surface area contributed by atoms with Crippen LogP contribution in [0.2, 0.25) is 0 Å². The van der Waals surface area contributed by atoms with Crippen LogP contribution in [-0.2, 0) is 22.5 Å². The van der Waals surface area contributed by atoms with E-state index in [2.05, 4.69) is 25.4 Å². The van der Waals surface area contributed by atoms with Gasteiger partial charge in [-0.3, -0.25) is 4.79 Å². The van der Waals surface area contributed by atoms with Crippen molar-refractivity contribution in [2.45, 2.75) is 31.0 Å². The fourth-order valence-corrected chi connectivity index (χ4v) is 5.25. The summed E-state index contributed by atoms with van der Waals surface area (Å²) in [4.78, 5) is 25.2. The summed E-state index contributed by atoms with van der Waals surface area (Å²) < 4.78 is 40.1. The van der Waals surface area contributed by atoms with Crippen LogP contribution in [0.5, 0.6) is 5.75 Å². The number of nitrogens with one attached hydrogen (secondary N) is 1. The van der Waals surface area contributed by atoms with Gasteiger partial charge in [0.05, 0.1) is 6.61 Å². The summed E-state index contributed by atoms with van der Waals surface area (Å²) in [5.41, 5.74) is 18.7. The van der Waals surface area contributed by atoms with Crippen molar-refractivity contribution in [3.8, 4) is 5.75 Å². The highest BCUT2D eigenvalue weighted by Crippen LogP contribution is 2.46. The third-order valence-electron chi connectivity index (χ3n) is 7.38. The number of halogens is 2. The number of carbonyl (C=O) groups is 1. The Labute approximate surface area is 267 Å². The zero-order valence-corrected chi connectivity index (χ0v) is 24.8. The lowest BCUT2D eigenvalue weighted by Crippen LogP contribution is -2.49. The zero-order chi connectivity index (χ0) is 33.2. The number of aliphatic hydroxyl groups excluding tert-OH is 1. The fourth-order valence-electron chi connectivity index (χ4n) is 5.25. The van der Waals surface area contributed by atoms with E-state index in [0.717, 1.165) is 18.2 Å². The quantitative estimate of drug-likeness (QED) is 0.0670. The molecule has 0 bridgehead atoms. The average molecular weight is 639 g/mol. The van der Waals surface area contributed by atoms with Crippen LogP contribution in [0, 0.1) is 11.6 Å². The Morgan fingerprint density at radius 3 is 2.32 bits per heavy atom. The van der Waals surface area contributed by atoms with Gasteiger partial charge < -0.3 is 19.9 Å². The number of nitrogens with zero attached hydrogens (tertiary/aromatic N) is 7. The molecule has 14 heteroatoms. The summed E-state index contributed by atoms with van der Waals surface area (Å²) >= 11 is 0. The molecule has 238 valence electrons. The van der Waals surface area contributed by atoms with E-state index >= 15 is 0 Å². The molecule has 2 N–H and O–H groups in total. The smallest absolute Gasteiger partial charge is 0.252 e. The first-order valence-electron chi connectivity index (χ1n) is 14.5. The van der Waals surface area contributed by atoms with Gasteiger partial charge in [-0.25, -0.2) is 13.8 Å². The molecule has 0 saturated heterocycles. The summed E-state index contributed by atoms with van der Waals surface area (Å²) in [6, 6.07) is 22.9. The van der Waals surface area contributed by atoms with Gasteiger partial charge in [0.2, 0.25) is 5.90 Å². The molecule has 0 fully saturated rings. The Morgan fingerprint density at radius 2 is 1.62 bits per heavy atom. The summed E-state index contributed by atoms with van der Waals surface area (Å²) in [5, 5.41) is 19.4. The lowest BCUT2D eigenvalue weighted by Gasteiger charge is -2.32. The van der Waals surface area contributed by atoms with Crippen LogP contribution in [0.3, 0.4) is 0 Å². The maximum Gasteiger partial charge on any atom is 0.252 e. The molecule has 0 spiro atoms. The van der Waals surface area contributed by atoms with Crippen molar-refractivity contribution >= 4 is 23.2 Å². The molecule has 0 aliphatic carbocycles. The molecule has 0 saturated carbocycles. The van der Waals surface area contributed by atoms with Crippen LogP contribution in [0.1, 0.15) is 34.8 Å². The Balaban J connectivity index is 1.65. The maximum absolute atomic E-state index is 14.5. The van der Waals surface area contributed by atoms with Gasteiger partial charge >= 0.3 is 0 Å². The number of aliphatic imine (C=N–C) groups is 1. The van der Waals surface area contributed by atoms with Crippen molar-refractivity contribution in [1.82, 2.24) is 5.32 Å². The Morgan fingerprint density at radius 1 is 0.957 bits per heavy atom. The number of carbonyl (C=O) groups excluding carboxylic acids is 1. The van der Waals surface area contributed by atoms with Crippen molar-refractivity contribution < 1.29 is 28.2 Å². The predicted molar refractivity (Wildman–Crippen MR) is 169 cm³/mol. The SMILES string of the molecule is [N-]=[N+]=Nc1ccccc1C[C@@]1(C(=O)NCc2cc(F)cc(F)c2)N=C(c2ccc(OCCCO)cc2)O[C@@H]1c1ccccc1N=[N+]=[N-]. The van der Waals surface area contributed by atoms with Gasteiger partial charge in [0.15, 0.2) is 11.6 Å². The highest BCUT2D eigenvalue weighted by atomic mass is 19.1. The fraction of sp³-hybridized carbons (Fsp3) is 0.212. The van der Waals surface area contributed by atoms with Crippen molar-refractivity contribution in [3.63, 3.8) is 0 Å². The van der Waals surface area contributed by atoms with E-state index in [4.69, 9.17) is 19.6 Å². The second-order valence-corrected chi connectivity index (χ2v) is 10.5. The number of ether oxygens (including phenoxy) is 2. The number of hydrogen-bond donors (Lipinski definition) is 2. The minimum atomic E-state index is -1.81. The first-order valence-corrected chi connectivity index (χ1v) is 14.5. The lowest BCUT2D eigenvalue weighted by molar-refractivity contribution is -0.129. The normalized spacial score (nSPS) is 16.7. The minimum Gasteiger partial charge on any atom is -0.494 e. The molecule has 1 amide bonds. The van der Waals surface area contributed by atoms with Gasteiger partial charge in [0.25, 0.3) is 5.91 Å². The van der Waals surface area contributed by atoms with Gasteiger partial charge in [-0.05, 0) is 58.6 Å². The Kier molecular flexibility index (Phi) is 10.3. The average Bonchev–Trinajstić information content (AvgIpc) is 3.45. The van der Waals surface area contributed by atoms with Crippen molar-refractivity contribution in [2.75, 3.05) is 13.2 Å². The molecule has 1 aliphatic heterocycles. The molecular formula is C33H28F2N8O4. The first kappa shape index (κ1) is 32.5. The number of aliphatic hydroxyl groups is 1. The first-order chi connectivity index (χ1) is 22.9. The summed E-state index contributed by atoms with van der Waals surface area (Å²) in [6.45, 7) is 0.0555. The third-order valence-corrected chi connectivity index (χ3v) is 7.38. The lowest BCUT2D eigenvalue weighted by atomic mass is 9.81. The molecule has 0 aromatic heterocycles. The van der Waals surface area contributed by atoms with Crippen molar-refractivity contribution in [2.24, 2.45) is 15.2 Å². The van der Waals surface area contributed by atoms with Gasteiger partial charge in [-0.1, -0.05) is 58.8 Å². The number of benzene rings is 4. The molecule has 4 aromatic carbocycles. The standard InChI is InChI=1S/C33H28F2N8O4/c34-24-16-21(17-25(35)18-24)20-38-32(45)33(19-23-6-1-3-8-28(23)40-42-36)30(27-7-2-4-9-29(27)41-43-37)47-31(39-33)22-10-12-26(13-11-22)46-15-5-14-44/h1-4,6-13,16-18,30,44H,5,14-15,19-20H2,(H,38,45)/t30-,33-/m1/s1. The number of azide groups is 2. The molecule has 5 rings (SSSR count). The van der Waals surface area contributed by atoms with E-state index in [1.54, 1.807) is 72.8 Å². The maximum atomic E-state index is 14.5. The van der Waals surface area contributed by atoms with E-state index < -0.39 is 29.2 Å². The van der Waals surface area contributed by atoms with E-state index in [1.807, 2.05) is 0 Å². The van der Waals surface area contributed by atoms with Crippen LogP contribution in [0.15, 0.2) is 106 Å². The number of rotatable bonds is 13. The monoisotopic (exact) mass is 638 g/mol. The molecular weight excluding hydrogens is 610 g/mol. The topological polar surface area (TPSA) is 178 Å². The van der Waals surface area contributed by atoms with Crippen LogP contribution >= 0.6 is 0 Å². The molecule has 4 aromatic rings. The zero-order valence-electron chi connectivity index (χ0n) is 24.8. The summed E-state index contributed by atoms with van der Waals surface area (Å²) in [5.74, 6) is -1.65. The van der Waals surface area contributed by atoms with Gasteiger partial charge in [-0.15, -0.1) is 0 Å². The number of amides is 1. The third kappa shape index (κ3) is 7.48. The van der Waals surface area contributed by atoms with E-state index in [9.17, 15) is 24.6 Å². The van der Waals surface area contributed by atoms with Crippen molar-refractivity contribution in [3.05, 3.63) is 146 Å². The predicted octanol–water partition coefficient (Wildman–Crippen LogP) is 7.43. The molecule has 0 radical (unpaired) electrons. The van der Waals surface area contributed by atoms with Crippen LogP contribution in [0.4, 0.5) is 20.2 Å². The second kappa shape index (κ2) is 14.9. The minimum absolute atomic E-state index is 0.0114. The molecule has 2 atom stereocenters. The largest absolute Gasteiger partial charge is 0.494 e. The van der Waals surface area contributed by atoms with Crippen LogP contribution < -0.4 is 10.1 Å². The molecule has 12 nitrogen and oxygen atoms in total. The van der Waals surface area contributed by atoms with Gasteiger partial charge in [-0.2, -0.15) is 0 Å². The summed E-state index contributed by atoms with van der Waals surface area (Å²) in [6.07, 6.45) is -0.865. The molecule has 1 heterocycles. The Hall–Kier alpha value is -5.94. The molecule has 1 aliphatic rings. The highest BCUT2D eigenvalue weighted by Gasteiger charge is 2.54.